The summed E-state index contributed by atoms with van der Waals surface area (Å²) in [5.74, 6) is -0.508. The lowest BCUT2D eigenvalue weighted by Gasteiger charge is -2.34. The molecule has 0 bridgehead atoms. The topological polar surface area (TPSA) is 130 Å². The van der Waals surface area contributed by atoms with Crippen LogP contribution < -0.4 is 5.32 Å². The van der Waals surface area contributed by atoms with Gasteiger partial charge in [-0.2, -0.15) is 4.31 Å². The number of rotatable bonds is 7. The minimum atomic E-state index is -3.93. The molecule has 0 aromatic heterocycles. The van der Waals surface area contributed by atoms with E-state index in [1.54, 1.807) is 29.2 Å². The summed E-state index contributed by atoms with van der Waals surface area (Å²) in [4.78, 5) is 36.2. The van der Waals surface area contributed by atoms with Gasteiger partial charge in [0.25, 0.3) is 5.69 Å². The molecule has 1 aliphatic rings. The lowest BCUT2D eigenvalue weighted by molar-refractivity contribution is -0.385. The van der Waals surface area contributed by atoms with Crippen molar-refractivity contribution in [1.82, 2.24) is 14.5 Å². The van der Waals surface area contributed by atoms with Crippen molar-refractivity contribution in [3.05, 3.63) is 69.2 Å². The van der Waals surface area contributed by atoms with Crippen molar-refractivity contribution in [1.29, 1.82) is 0 Å². The first kappa shape index (κ1) is 24.6. The van der Waals surface area contributed by atoms with E-state index in [2.05, 4.69) is 5.32 Å². The predicted molar refractivity (Wildman–Crippen MR) is 121 cm³/mol. The third kappa shape index (κ3) is 6.06. The van der Waals surface area contributed by atoms with Crippen molar-refractivity contribution >= 4 is 39.1 Å². The third-order valence-electron chi connectivity index (χ3n) is 5.29. The summed E-state index contributed by atoms with van der Waals surface area (Å²) < 4.78 is 27.0. The van der Waals surface area contributed by atoms with Crippen molar-refractivity contribution in [2.75, 3.05) is 26.2 Å². The molecule has 0 spiro atoms. The second-order valence-corrected chi connectivity index (χ2v) is 9.92. The van der Waals surface area contributed by atoms with E-state index in [0.717, 1.165) is 11.6 Å². The summed E-state index contributed by atoms with van der Waals surface area (Å²) in [6, 6.07) is 11.2. The molecule has 176 valence electrons. The van der Waals surface area contributed by atoms with Crippen LogP contribution in [0, 0.1) is 10.1 Å². The fourth-order valence-corrected chi connectivity index (χ4v) is 5.17. The normalized spacial score (nSPS) is 15.6. The van der Waals surface area contributed by atoms with E-state index in [9.17, 15) is 28.1 Å². The fourth-order valence-electron chi connectivity index (χ4n) is 3.58. The molecule has 2 amide bonds. The van der Waals surface area contributed by atoms with Crippen LogP contribution in [-0.2, 0) is 19.6 Å². The number of nitro benzene ring substituents is 1. The Kier molecular flexibility index (Phi) is 7.67. The van der Waals surface area contributed by atoms with Crippen LogP contribution in [0.4, 0.5) is 5.69 Å². The van der Waals surface area contributed by atoms with Gasteiger partial charge in [-0.3, -0.25) is 19.7 Å². The summed E-state index contributed by atoms with van der Waals surface area (Å²) in [7, 11) is -3.93. The van der Waals surface area contributed by atoms with Crippen molar-refractivity contribution < 1.29 is 22.9 Å². The molecule has 1 heterocycles. The van der Waals surface area contributed by atoms with Gasteiger partial charge in [0.2, 0.25) is 21.8 Å². The van der Waals surface area contributed by atoms with E-state index in [-0.39, 0.29) is 55.0 Å². The third-order valence-corrected chi connectivity index (χ3v) is 7.43. The highest BCUT2D eigenvalue weighted by molar-refractivity contribution is 7.89. The molecule has 2 aromatic rings. The molecule has 3 rings (SSSR count). The Bertz CT molecular complexity index is 1150. The average Bonchev–Trinajstić information content (AvgIpc) is 2.79. The van der Waals surface area contributed by atoms with Crippen molar-refractivity contribution in [3.8, 4) is 0 Å². The van der Waals surface area contributed by atoms with Crippen molar-refractivity contribution in [2.24, 2.45) is 0 Å². The van der Waals surface area contributed by atoms with E-state index in [1.165, 1.54) is 29.4 Å². The van der Waals surface area contributed by atoms with Crippen molar-refractivity contribution in [2.45, 2.75) is 24.3 Å². The van der Waals surface area contributed by atoms with Gasteiger partial charge in [0.15, 0.2) is 0 Å². The smallest absolute Gasteiger partial charge is 0.270 e. The number of nitrogens with one attached hydrogen (secondary N) is 1. The summed E-state index contributed by atoms with van der Waals surface area (Å²) in [5, 5.41) is 14.3. The van der Waals surface area contributed by atoms with Crippen LogP contribution in [0.3, 0.4) is 0 Å². The maximum atomic E-state index is 12.9. The van der Waals surface area contributed by atoms with E-state index >= 15 is 0 Å². The number of hydrogen-bond donors (Lipinski definition) is 1. The Hall–Kier alpha value is -3.02. The quantitative estimate of drug-likeness (QED) is 0.464. The van der Waals surface area contributed by atoms with Gasteiger partial charge >= 0.3 is 0 Å². The fraction of sp³-hybridized carbons (Fsp3) is 0.333. The van der Waals surface area contributed by atoms with E-state index in [1.807, 2.05) is 0 Å². The summed E-state index contributed by atoms with van der Waals surface area (Å²) in [5.41, 5.74) is 0.422. The second kappa shape index (κ2) is 10.3. The van der Waals surface area contributed by atoms with Gasteiger partial charge in [-0.05, 0) is 23.8 Å². The number of piperazine rings is 1. The number of non-ortho nitro benzene ring substituents is 1. The molecule has 12 heteroatoms. The van der Waals surface area contributed by atoms with Gasteiger partial charge in [0.1, 0.15) is 0 Å². The Labute approximate surface area is 196 Å². The lowest BCUT2D eigenvalue weighted by Crippen LogP contribution is -2.51. The summed E-state index contributed by atoms with van der Waals surface area (Å²) in [6.07, 6.45) is 0.0127. The van der Waals surface area contributed by atoms with Crippen LogP contribution in [-0.4, -0.2) is 60.5 Å². The molecule has 1 unspecified atom stereocenters. The monoisotopic (exact) mass is 494 g/mol. The highest BCUT2D eigenvalue weighted by Gasteiger charge is 2.31. The Balaban J connectivity index is 1.66. The van der Waals surface area contributed by atoms with Gasteiger partial charge < -0.3 is 10.2 Å². The molecule has 0 radical (unpaired) electrons. The zero-order valence-electron chi connectivity index (χ0n) is 17.8. The van der Waals surface area contributed by atoms with Gasteiger partial charge in [-0.25, -0.2) is 8.42 Å². The molecule has 1 saturated heterocycles. The highest BCUT2D eigenvalue weighted by atomic mass is 35.5. The number of hydrogen-bond acceptors (Lipinski definition) is 6. The zero-order valence-corrected chi connectivity index (χ0v) is 19.4. The van der Waals surface area contributed by atoms with Gasteiger partial charge in [0, 0.05) is 50.3 Å². The molecule has 1 aliphatic heterocycles. The standard InChI is InChI=1S/C21H23ClN4O6S/c1-15(27)23-20(16-5-7-17(22)8-6-16)14-21(28)24-9-11-25(12-10-24)33(31,32)19-4-2-3-18(13-19)26(29)30/h2-8,13,20H,9-12,14H2,1H3,(H,23,27). The first-order valence-corrected chi connectivity index (χ1v) is 11.9. The van der Waals surface area contributed by atoms with Gasteiger partial charge in [-0.1, -0.05) is 29.8 Å². The van der Waals surface area contributed by atoms with E-state index in [4.69, 9.17) is 11.6 Å². The molecular weight excluding hydrogens is 472 g/mol. The van der Waals surface area contributed by atoms with Crippen LogP contribution in [0.5, 0.6) is 0 Å². The largest absolute Gasteiger partial charge is 0.349 e. The molecule has 1 atom stereocenters. The predicted octanol–water partition coefficient (Wildman–Crippen LogP) is 2.35. The molecule has 2 aromatic carbocycles. The Morgan fingerprint density at radius 3 is 2.33 bits per heavy atom. The molecular formula is C21H23ClN4O6S. The second-order valence-electron chi connectivity index (χ2n) is 7.55. The first-order chi connectivity index (χ1) is 15.6. The van der Waals surface area contributed by atoms with Crippen LogP contribution in [0.25, 0.3) is 0 Å². The van der Waals surface area contributed by atoms with E-state index < -0.39 is 21.0 Å². The summed E-state index contributed by atoms with van der Waals surface area (Å²) >= 11 is 5.92. The number of benzene rings is 2. The first-order valence-electron chi connectivity index (χ1n) is 10.1. The molecule has 0 saturated carbocycles. The number of amides is 2. The number of halogens is 1. The van der Waals surface area contributed by atoms with Crippen molar-refractivity contribution in [3.63, 3.8) is 0 Å². The number of sulfonamides is 1. The zero-order chi connectivity index (χ0) is 24.2. The highest BCUT2D eigenvalue weighted by Crippen LogP contribution is 2.24. The Morgan fingerprint density at radius 1 is 1.12 bits per heavy atom. The minimum Gasteiger partial charge on any atom is -0.349 e. The van der Waals surface area contributed by atoms with Crippen LogP contribution in [0.1, 0.15) is 24.9 Å². The van der Waals surface area contributed by atoms with Gasteiger partial charge in [0.05, 0.1) is 22.3 Å². The molecule has 1 fully saturated rings. The number of nitro groups is 1. The average molecular weight is 495 g/mol. The molecule has 33 heavy (non-hydrogen) atoms. The SMILES string of the molecule is CC(=O)NC(CC(=O)N1CCN(S(=O)(=O)c2cccc([N+](=O)[O-])c2)CC1)c1ccc(Cl)cc1. The number of nitrogens with zero attached hydrogens (tertiary/aromatic N) is 3. The maximum Gasteiger partial charge on any atom is 0.270 e. The number of carbonyl (C=O) groups excluding carboxylic acids is 2. The van der Waals surface area contributed by atoms with Gasteiger partial charge in [-0.15, -0.1) is 0 Å². The van der Waals surface area contributed by atoms with Crippen LogP contribution in [0.15, 0.2) is 53.4 Å². The van der Waals surface area contributed by atoms with E-state index in [0.29, 0.717) is 5.02 Å². The molecule has 1 N–H and O–H groups in total. The maximum absolute atomic E-state index is 12.9. The van der Waals surface area contributed by atoms with Crippen LogP contribution >= 0.6 is 11.6 Å². The summed E-state index contributed by atoms with van der Waals surface area (Å²) in [6.45, 7) is 1.82. The van der Waals surface area contributed by atoms with Crippen LogP contribution in [0.2, 0.25) is 5.02 Å². The molecule has 10 nitrogen and oxygen atoms in total. The Morgan fingerprint density at radius 2 is 1.76 bits per heavy atom. The lowest BCUT2D eigenvalue weighted by atomic mass is 10.0. The molecule has 0 aliphatic carbocycles. The minimum absolute atomic E-state index is 0.0127. The number of carbonyl (C=O) groups is 2.